The Labute approximate surface area is 95.1 Å². The monoisotopic (exact) mass is 215 g/mol. The van der Waals surface area contributed by atoms with Gasteiger partial charge in [0.2, 0.25) is 5.62 Å². The molecule has 0 atom stereocenters. The fraction of sp³-hybridized carbons (Fsp3) is 0.308. The number of nitrogens with zero attached hydrogens (tertiary/aromatic N) is 2. The summed E-state index contributed by atoms with van der Waals surface area (Å²) in [5, 5.41) is 8.05. The van der Waals surface area contributed by atoms with Gasteiger partial charge in [-0.3, -0.25) is 5.41 Å². The lowest BCUT2D eigenvalue weighted by Crippen LogP contribution is -2.21. The molecule has 0 radical (unpaired) electrons. The van der Waals surface area contributed by atoms with Crippen LogP contribution in [0.1, 0.15) is 19.4 Å². The Hall–Kier alpha value is -1.77. The van der Waals surface area contributed by atoms with E-state index in [1.807, 2.05) is 35.2 Å². The first-order valence-electron chi connectivity index (χ1n) is 5.56. The molecule has 0 aliphatic rings. The molecule has 0 bridgehead atoms. The van der Waals surface area contributed by atoms with Gasteiger partial charge in [0.05, 0.1) is 11.0 Å². The van der Waals surface area contributed by atoms with E-state index >= 15 is 0 Å². The van der Waals surface area contributed by atoms with Crippen LogP contribution < -0.4 is 5.62 Å². The Morgan fingerprint density at radius 1 is 1.38 bits per heavy atom. The van der Waals surface area contributed by atoms with Crippen molar-refractivity contribution in [1.29, 1.82) is 5.41 Å². The lowest BCUT2D eigenvalue weighted by atomic mass is 10.1. The van der Waals surface area contributed by atoms with E-state index in [-0.39, 0.29) is 0 Å². The summed E-state index contributed by atoms with van der Waals surface area (Å²) in [6.45, 7) is 4.91. The molecule has 16 heavy (non-hydrogen) atoms. The highest BCUT2D eigenvalue weighted by molar-refractivity contribution is 5.85. The number of allylic oxidation sites excluding steroid dienone is 1. The maximum Gasteiger partial charge on any atom is 0.202 e. The average molecular weight is 215 g/mol. The summed E-state index contributed by atoms with van der Waals surface area (Å²) < 4.78 is 3.95. The molecule has 1 heterocycles. The fourth-order valence-electron chi connectivity index (χ4n) is 2.17. The van der Waals surface area contributed by atoms with Gasteiger partial charge in [0.15, 0.2) is 0 Å². The molecule has 0 amide bonds. The maximum absolute atomic E-state index is 8.05. The predicted molar refractivity (Wildman–Crippen MR) is 67.1 cm³/mol. The number of fused-ring (bicyclic) bond motifs is 1. The van der Waals surface area contributed by atoms with Crippen molar-refractivity contribution in [2.75, 3.05) is 0 Å². The first kappa shape index (κ1) is 10.7. The van der Waals surface area contributed by atoms with E-state index in [4.69, 9.17) is 5.41 Å². The molecule has 84 valence electrons. The van der Waals surface area contributed by atoms with Gasteiger partial charge in [0.25, 0.3) is 0 Å². The van der Waals surface area contributed by atoms with Gasteiger partial charge in [-0.25, -0.2) is 0 Å². The number of hydrogen-bond donors (Lipinski definition) is 1. The number of hydrogen-bond acceptors (Lipinski definition) is 1. The van der Waals surface area contributed by atoms with Crippen molar-refractivity contribution in [2.45, 2.75) is 20.4 Å². The van der Waals surface area contributed by atoms with Crippen LogP contribution in [0.2, 0.25) is 0 Å². The quantitative estimate of drug-likeness (QED) is 0.798. The number of para-hydroxylation sites is 1. The van der Waals surface area contributed by atoms with E-state index in [1.54, 1.807) is 0 Å². The first-order valence-corrected chi connectivity index (χ1v) is 5.56. The van der Waals surface area contributed by atoms with Crippen molar-refractivity contribution >= 4 is 17.1 Å². The molecule has 0 fully saturated rings. The van der Waals surface area contributed by atoms with E-state index in [0.29, 0.717) is 5.62 Å². The van der Waals surface area contributed by atoms with Gasteiger partial charge < -0.3 is 9.13 Å². The second-order valence-electron chi connectivity index (χ2n) is 3.84. The van der Waals surface area contributed by atoms with Crippen molar-refractivity contribution < 1.29 is 0 Å². The summed E-state index contributed by atoms with van der Waals surface area (Å²) in [7, 11) is 1.95. The molecular formula is C13H17N3. The third kappa shape index (κ3) is 1.40. The molecule has 0 spiro atoms. The molecule has 0 saturated heterocycles. The topological polar surface area (TPSA) is 33.7 Å². The molecule has 3 nitrogen and oxygen atoms in total. The van der Waals surface area contributed by atoms with E-state index in [0.717, 1.165) is 17.6 Å². The van der Waals surface area contributed by atoms with Crippen LogP contribution in [0.15, 0.2) is 24.3 Å². The minimum absolute atomic E-state index is 0.550. The zero-order valence-electron chi connectivity index (χ0n) is 9.99. The van der Waals surface area contributed by atoms with Crippen LogP contribution in [-0.2, 0) is 13.6 Å². The van der Waals surface area contributed by atoms with E-state index in [9.17, 15) is 0 Å². The third-order valence-corrected chi connectivity index (χ3v) is 2.91. The number of imidazole rings is 1. The normalized spacial score (nSPS) is 11.7. The van der Waals surface area contributed by atoms with Gasteiger partial charge in [0.1, 0.15) is 0 Å². The Bertz CT molecular complexity index is 599. The van der Waals surface area contributed by atoms with Crippen LogP contribution in [0.5, 0.6) is 0 Å². The first-order chi connectivity index (χ1) is 7.70. The van der Waals surface area contributed by atoms with E-state index in [1.165, 1.54) is 5.56 Å². The summed E-state index contributed by atoms with van der Waals surface area (Å²) >= 11 is 0. The zero-order chi connectivity index (χ0) is 11.7. The summed E-state index contributed by atoms with van der Waals surface area (Å²) in [5.74, 6) is 0. The van der Waals surface area contributed by atoms with Crippen LogP contribution >= 0.6 is 0 Å². The fourth-order valence-corrected chi connectivity index (χ4v) is 2.17. The number of aromatic nitrogens is 2. The highest BCUT2D eigenvalue weighted by Gasteiger charge is 2.08. The van der Waals surface area contributed by atoms with Gasteiger partial charge in [-0.1, -0.05) is 24.3 Å². The van der Waals surface area contributed by atoms with Gasteiger partial charge in [0, 0.05) is 19.2 Å². The van der Waals surface area contributed by atoms with Gasteiger partial charge >= 0.3 is 0 Å². The average Bonchev–Trinajstić information content (AvgIpc) is 2.53. The lowest BCUT2D eigenvalue weighted by molar-refractivity contribution is 0.676. The Morgan fingerprint density at radius 2 is 2.12 bits per heavy atom. The Balaban J connectivity index is 2.94. The van der Waals surface area contributed by atoms with E-state index < -0.39 is 0 Å². The van der Waals surface area contributed by atoms with Gasteiger partial charge in [-0.15, -0.1) is 0 Å². The predicted octanol–water partition coefficient (Wildman–Crippen LogP) is 2.51. The van der Waals surface area contributed by atoms with Crippen molar-refractivity contribution in [3.8, 4) is 0 Å². The van der Waals surface area contributed by atoms with Crippen molar-refractivity contribution in [3.05, 3.63) is 35.5 Å². The largest absolute Gasteiger partial charge is 0.313 e. The zero-order valence-corrected chi connectivity index (χ0v) is 9.99. The molecule has 0 saturated carbocycles. The summed E-state index contributed by atoms with van der Waals surface area (Å²) in [6, 6.07) is 6.20. The molecular weight excluding hydrogens is 198 g/mol. The number of rotatable bonds is 2. The maximum atomic E-state index is 8.05. The van der Waals surface area contributed by atoms with Crippen molar-refractivity contribution in [3.63, 3.8) is 0 Å². The Kier molecular flexibility index (Phi) is 2.69. The molecule has 2 aromatic rings. The van der Waals surface area contributed by atoms with Gasteiger partial charge in [-0.2, -0.15) is 0 Å². The molecule has 1 aromatic heterocycles. The van der Waals surface area contributed by atoms with Crippen LogP contribution in [0.25, 0.3) is 17.1 Å². The summed E-state index contributed by atoms with van der Waals surface area (Å²) in [4.78, 5) is 0. The van der Waals surface area contributed by atoms with Crippen LogP contribution in [0, 0.1) is 5.41 Å². The third-order valence-electron chi connectivity index (χ3n) is 2.91. The highest BCUT2D eigenvalue weighted by atomic mass is 15.2. The second kappa shape index (κ2) is 4.00. The Morgan fingerprint density at radius 3 is 2.75 bits per heavy atom. The standard InChI is InChI=1S/C13H17N3/c1-4-7-10-8-6-9-11-12(10)15(3)13(14)16(11)5-2/h4,6-9,14H,5H2,1-3H3/b7-4+,14-13?. The molecule has 2 rings (SSSR count). The minimum Gasteiger partial charge on any atom is -0.313 e. The van der Waals surface area contributed by atoms with Crippen molar-refractivity contribution in [1.82, 2.24) is 9.13 Å². The minimum atomic E-state index is 0.550. The second-order valence-corrected chi connectivity index (χ2v) is 3.84. The molecule has 0 aliphatic carbocycles. The van der Waals surface area contributed by atoms with Crippen LogP contribution in [-0.4, -0.2) is 9.13 Å². The van der Waals surface area contributed by atoms with E-state index in [2.05, 4.69) is 25.1 Å². The molecule has 1 N–H and O–H groups in total. The number of nitrogens with one attached hydrogen (secondary N) is 1. The number of aryl methyl sites for hydroxylation is 2. The highest BCUT2D eigenvalue weighted by Crippen LogP contribution is 2.18. The summed E-state index contributed by atoms with van der Waals surface area (Å²) in [5.41, 5.74) is 3.98. The number of benzene rings is 1. The SMILES string of the molecule is C/C=C/c1cccc2c1n(C)c(=N)n2CC. The molecule has 1 aromatic carbocycles. The summed E-state index contributed by atoms with van der Waals surface area (Å²) in [6.07, 6.45) is 4.11. The van der Waals surface area contributed by atoms with Crippen LogP contribution in [0.4, 0.5) is 0 Å². The smallest absolute Gasteiger partial charge is 0.202 e. The van der Waals surface area contributed by atoms with Crippen molar-refractivity contribution in [2.24, 2.45) is 7.05 Å². The molecule has 0 unspecified atom stereocenters. The van der Waals surface area contributed by atoms with Crippen LogP contribution in [0.3, 0.4) is 0 Å². The molecule has 3 heteroatoms. The lowest BCUT2D eigenvalue weighted by Gasteiger charge is -2.00. The van der Waals surface area contributed by atoms with Gasteiger partial charge in [-0.05, 0) is 19.9 Å². The molecule has 0 aliphatic heterocycles.